The molecule has 15 unspecified atom stereocenters. The van der Waals surface area contributed by atoms with Crippen molar-refractivity contribution in [2.75, 3.05) is 19.8 Å². The number of rotatable bonds is 15. The fourth-order valence-electron chi connectivity index (χ4n) is 6.77. The number of benzene rings is 2. The van der Waals surface area contributed by atoms with Gasteiger partial charge < -0.3 is 89.7 Å². The van der Waals surface area contributed by atoms with Crippen molar-refractivity contribution in [2.24, 2.45) is 5.92 Å². The molecule has 0 amide bonds. The lowest BCUT2D eigenvalue weighted by molar-refractivity contribution is -0.358. The molecule has 5 rings (SSSR count). The molecule has 3 heterocycles. The van der Waals surface area contributed by atoms with Gasteiger partial charge in [0.1, 0.15) is 54.6 Å². The molecule has 0 radical (unpaired) electrons. The Hall–Kier alpha value is -3.25. The molecule has 3 fully saturated rings. The zero-order chi connectivity index (χ0) is 40.1. The molecule has 15 atom stereocenters. The third kappa shape index (κ3) is 10.2. The Morgan fingerprint density at radius 3 is 1.82 bits per heavy atom. The third-order valence-electron chi connectivity index (χ3n) is 10.1. The van der Waals surface area contributed by atoms with Crippen LogP contribution in [0, 0.1) is 5.92 Å². The van der Waals surface area contributed by atoms with E-state index in [0.29, 0.717) is 11.1 Å². The van der Waals surface area contributed by atoms with Crippen LogP contribution < -0.4 is 0 Å². The monoisotopic (exact) mass is 786 g/mol. The minimum Gasteiger partial charge on any atom is -0.504 e. The van der Waals surface area contributed by atoms with E-state index in [4.69, 9.17) is 28.4 Å². The highest BCUT2D eigenvalue weighted by Crippen LogP contribution is 2.36. The van der Waals surface area contributed by atoms with Crippen LogP contribution in [0.2, 0.25) is 0 Å². The second kappa shape index (κ2) is 18.8. The van der Waals surface area contributed by atoms with E-state index in [9.17, 15) is 66.1 Å². The van der Waals surface area contributed by atoms with E-state index in [1.54, 1.807) is 0 Å². The summed E-state index contributed by atoms with van der Waals surface area (Å²) >= 11 is 0. The number of aromatic hydroxyl groups is 4. The molecule has 3 aliphatic rings. The summed E-state index contributed by atoms with van der Waals surface area (Å²) in [4.78, 5) is 13.6. The average Bonchev–Trinajstić information content (AvgIpc) is 3.16. The number of aliphatic hydroxyl groups excluding tert-OH is 8. The highest BCUT2D eigenvalue weighted by molar-refractivity contribution is 5.79. The second-order valence-electron chi connectivity index (χ2n) is 14.0. The maximum absolute atomic E-state index is 13.6. The first-order chi connectivity index (χ1) is 26.1. The SMILES string of the molecule is CC1OC(OC2C(O)C(OCCc3ccc(O)c(O)c3)OC(COC3OC(CO)C(O)C(O)C3O)C2CC(=O)CCc2ccc(O)c(O)c2)C(O)C(O)C1O. The molecule has 19 nitrogen and oxygen atoms in total. The van der Waals surface area contributed by atoms with Gasteiger partial charge in [0.05, 0.1) is 38.1 Å². The van der Waals surface area contributed by atoms with Gasteiger partial charge >= 0.3 is 0 Å². The van der Waals surface area contributed by atoms with Gasteiger partial charge in [0.2, 0.25) is 0 Å². The van der Waals surface area contributed by atoms with E-state index in [-0.39, 0.29) is 55.3 Å². The Labute approximate surface area is 315 Å². The number of phenols is 4. The summed E-state index contributed by atoms with van der Waals surface area (Å²) in [5, 5.41) is 123. The normalized spacial score (nSPS) is 36.8. The lowest BCUT2D eigenvalue weighted by Gasteiger charge is -2.48. The van der Waals surface area contributed by atoms with Crippen molar-refractivity contribution in [2.45, 2.75) is 119 Å². The zero-order valence-corrected chi connectivity index (χ0v) is 29.8. The van der Waals surface area contributed by atoms with E-state index in [0.717, 1.165) is 0 Å². The first-order valence-corrected chi connectivity index (χ1v) is 17.8. The van der Waals surface area contributed by atoms with Crippen LogP contribution in [0.1, 0.15) is 30.9 Å². The Kier molecular flexibility index (Phi) is 14.7. The predicted molar refractivity (Wildman–Crippen MR) is 182 cm³/mol. The predicted octanol–water partition coefficient (Wildman–Crippen LogP) is -2.61. The summed E-state index contributed by atoms with van der Waals surface area (Å²) in [5.74, 6) is -2.98. The summed E-state index contributed by atoms with van der Waals surface area (Å²) in [5.41, 5.74) is 1.07. The molecule has 0 aliphatic carbocycles. The number of hydrogen-bond donors (Lipinski definition) is 12. The molecule has 0 saturated carbocycles. The van der Waals surface area contributed by atoms with Crippen LogP contribution >= 0.6 is 0 Å². The lowest BCUT2D eigenvalue weighted by atomic mass is 9.83. The fourth-order valence-corrected chi connectivity index (χ4v) is 6.77. The van der Waals surface area contributed by atoms with Gasteiger partial charge in [-0.3, -0.25) is 4.79 Å². The molecular formula is C36H50O19. The highest BCUT2D eigenvalue weighted by Gasteiger charge is 2.52. The topological polar surface area (TPSA) is 315 Å². The van der Waals surface area contributed by atoms with Crippen molar-refractivity contribution in [1.29, 1.82) is 0 Å². The van der Waals surface area contributed by atoms with Crippen LogP contribution in [0.25, 0.3) is 0 Å². The molecule has 19 heteroatoms. The molecule has 3 saturated heterocycles. The summed E-state index contributed by atoms with van der Waals surface area (Å²) in [6.45, 7) is 0.0199. The number of Topliss-reactive ketones (excluding diaryl/α,β-unsaturated/α-hetero) is 1. The summed E-state index contributed by atoms with van der Waals surface area (Å²) in [7, 11) is 0. The summed E-state index contributed by atoms with van der Waals surface area (Å²) in [6, 6.07) is 8.20. The van der Waals surface area contributed by atoms with Crippen LogP contribution in [0.4, 0.5) is 0 Å². The molecule has 12 N–H and O–H groups in total. The van der Waals surface area contributed by atoms with Crippen LogP contribution in [0.3, 0.4) is 0 Å². The van der Waals surface area contributed by atoms with Crippen molar-refractivity contribution in [3.63, 3.8) is 0 Å². The number of phenolic OH excluding ortho intramolecular Hbond substituents is 4. The standard InChI is InChI=1S/C36H50O19/c1-15-26(43)28(45)31(48)36(52-15)55-33-19(12-18(38)5-2-16-3-6-20(39)22(41)10-16)25(14-51-34-30(47)29(46)27(44)24(13-37)53-34)54-35(32(33)49)50-9-8-17-4-7-21(40)23(42)11-17/h3-4,6-7,10-11,15,19,24-37,39-49H,2,5,8-9,12-14H2,1H3. The molecule has 2 aromatic rings. The van der Waals surface area contributed by atoms with E-state index < -0.39 is 111 Å². The van der Waals surface area contributed by atoms with Gasteiger partial charge in [-0.05, 0) is 55.2 Å². The minimum atomic E-state index is -1.81. The first kappa shape index (κ1) is 42.9. The molecular weight excluding hydrogens is 736 g/mol. The molecule has 308 valence electrons. The fraction of sp³-hybridized carbons (Fsp3) is 0.639. The number of aryl methyl sites for hydroxylation is 1. The van der Waals surface area contributed by atoms with E-state index in [1.165, 1.54) is 43.3 Å². The minimum absolute atomic E-state index is 0.103. The van der Waals surface area contributed by atoms with E-state index >= 15 is 0 Å². The van der Waals surface area contributed by atoms with Gasteiger partial charge in [0, 0.05) is 18.8 Å². The van der Waals surface area contributed by atoms with Gasteiger partial charge in [0.15, 0.2) is 41.9 Å². The van der Waals surface area contributed by atoms with Crippen LogP contribution in [0.15, 0.2) is 36.4 Å². The van der Waals surface area contributed by atoms with Crippen molar-refractivity contribution < 1.29 is 94.5 Å². The van der Waals surface area contributed by atoms with Crippen molar-refractivity contribution in [3.05, 3.63) is 47.5 Å². The Morgan fingerprint density at radius 1 is 0.636 bits per heavy atom. The molecule has 3 aliphatic heterocycles. The largest absolute Gasteiger partial charge is 0.504 e. The maximum Gasteiger partial charge on any atom is 0.186 e. The van der Waals surface area contributed by atoms with Crippen molar-refractivity contribution in [1.82, 2.24) is 0 Å². The molecule has 55 heavy (non-hydrogen) atoms. The Morgan fingerprint density at radius 2 is 1.20 bits per heavy atom. The van der Waals surface area contributed by atoms with Crippen LogP contribution in [-0.2, 0) is 46.1 Å². The number of ether oxygens (including phenoxy) is 6. The molecule has 0 spiro atoms. The summed E-state index contributed by atoms with van der Waals surface area (Å²) < 4.78 is 35.1. The quantitative estimate of drug-likeness (QED) is 0.0823. The van der Waals surface area contributed by atoms with Crippen LogP contribution in [-0.4, -0.2) is 173 Å². The van der Waals surface area contributed by atoms with Gasteiger partial charge in [0.25, 0.3) is 0 Å². The smallest absolute Gasteiger partial charge is 0.186 e. The Bertz CT molecular complexity index is 1560. The number of aliphatic hydroxyl groups is 8. The molecule has 2 aromatic carbocycles. The van der Waals surface area contributed by atoms with Gasteiger partial charge in [-0.1, -0.05) is 12.1 Å². The van der Waals surface area contributed by atoms with E-state index in [2.05, 4.69) is 0 Å². The number of carbonyl (C=O) groups is 1. The number of hydrogen-bond acceptors (Lipinski definition) is 19. The van der Waals surface area contributed by atoms with Gasteiger partial charge in [-0.15, -0.1) is 0 Å². The maximum atomic E-state index is 13.6. The van der Waals surface area contributed by atoms with Gasteiger partial charge in [-0.25, -0.2) is 0 Å². The highest BCUT2D eigenvalue weighted by atomic mass is 16.7. The lowest BCUT2D eigenvalue weighted by Crippen LogP contribution is -2.63. The third-order valence-corrected chi connectivity index (χ3v) is 10.1. The van der Waals surface area contributed by atoms with Crippen LogP contribution in [0.5, 0.6) is 23.0 Å². The summed E-state index contributed by atoms with van der Waals surface area (Å²) in [6.07, 6.45) is -22.0. The second-order valence-corrected chi connectivity index (χ2v) is 14.0. The Balaban J connectivity index is 1.41. The van der Waals surface area contributed by atoms with Gasteiger partial charge in [-0.2, -0.15) is 0 Å². The first-order valence-electron chi connectivity index (χ1n) is 17.8. The number of ketones is 1. The average molecular weight is 787 g/mol. The molecule has 0 aromatic heterocycles. The van der Waals surface area contributed by atoms with Crippen molar-refractivity contribution in [3.8, 4) is 23.0 Å². The van der Waals surface area contributed by atoms with Crippen molar-refractivity contribution >= 4 is 5.78 Å². The molecule has 0 bridgehead atoms. The van der Waals surface area contributed by atoms with E-state index in [1.807, 2.05) is 0 Å². The zero-order valence-electron chi connectivity index (χ0n) is 29.8. The number of carbonyl (C=O) groups excluding carboxylic acids is 1.